The van der Waals surface area contributed by atoms with Crippen LogP contribution < -0.4 is 10.0 Å². The summed E-state index contributed by atoms with van der Waals surface area (Å²) in [7, 11) is -0.299. The van der Waals surface area contributed by atoms with Crippen molar-refractivity contribution >= 4 is 44.5 Å². The maximum Gasteiger partial charge on any atom is 0.285 e. The number of nitrogens with zero attached hydrogens (tertiary/aromatic N) is 2. The molecule has 0 spiro atoms. The molecule has 0 radical (unpaired) electrons. The molecule has 2 aromatic rings. The molecule has 0 aromatic heterocycles. The van der Waals surface area contributed by atoms with Crippen LogP contribution in [0.25, 0.3) is 0 Å². The quantitative estimate of drug-likeness (QED) is 0.722. The van der Waals surface area contributed by atoms with E-state index >= 15 is 0 Å². The Balaban J connectivity index is 1.69. The highest BCUT2D eigenvalue weighted by molar-refractivity contribution is 8.13. The molecule has 2 N–H and O–H groups in total. The molecule has 1 aliphatic heterocycles. The van der Waals surface area contributed by atoms with Crippen molar-refractivity contribution in [2.75, 3.05) is 19.4 Å². The summed E-state index contributed by atoms with van der Waals surface area (Å²) in [5.74, 6) is -0.233. The van der Waals surface area contributed by atoms with E-state index in [-0.39, 0.29) is 21.9 Å². The Morgan fingerprint density at radius 3 is 2.41 bits per heavy atom. The molecule has 0 saturated carbocycles. The second-order valence-corrected chi connectivity index (χ2v) is 9.21. The van der Waals surface area contributed by atoms with Gasteiger partial charge in [0.1, 0.15) is 11.9 Å². The Hall–Kier alpha value is -2.85. The van der Waals surface area contributed by atoms with Crippen molar-refractivity contribution in [1.82, 2.24) is 9.62 Å². The van der Waals surface area contributed by atoms with E-state index in [0.29, 0.717) is 11.3 Å². The molecule has 0 unspecified atom stereocenters. The number of amidine groups is 1. The third-order valence-corrected chi connectivity index (χ3v) is 6.50. The highest BCUT2D eigenvalue weighted by Gasteiger charge is 2.31. The number of hydrogen-bond acceptors (Lipinski definition) is 6. The van der Waals surface area contributed by atoms with Crippen molar-refractivity contribution in [2.24, 2.45) is 4.99 Å². The minimum atomic E-state index is -3.65. The van der Waals surface area contributed by atoms with Gasteiger partial charge in [0.15, 0.2) is 0 Å². The van der Waals surface area contributed by atoms with Gasteiger partial charge in [0, 0.05) is 30.2 Å². The first-order chi connectivity index (χ1) is 13.7. The molecular formula is C19H20N4O4S2. The molecule has 2 amide bonds. The van der Waals surface area contributed by atoms with Gasteiger partial charge in [-0.2, -0.15) is 0 Å². The fraction of sp³-hybridized carbons (Fsp3) is 0.211. The normalized spacial score (nSPS) is 16.6. The van der Waals surface area contributed by atoms with E-state index < -0.39 is 16.1 Å². The van der Waals surface area contributed by atoms with Gasteiger partial charge in [0.05, 0.1) is 4.90 Å². The first-order valence-electron chi connectivity index (χ1n) is 8.67. The first-order valence-corrected chi connectivity index (χ1v) is 11.0. The van der Waals surface area contributed by atoms with Gasteiger partial charge in [-0.15, -0.1) is 0 Å². The summed E-state index contributed by atoms with van der Waals surface area (Å²) in [5, 5.41) is 2.64. The summed E-state index contributed by atoms with van der Waals surface area (Å²) < 4.78 is 26.7. The number of sulfonamides is 1. The van der Waals surface area contributed by atoms with Gasteiger partial charge in [-0.3, -0.25) is 19.3 Å². The third-order valence-electron chi connectivity index (χ3n) is 4.06. The Morgan fingerprint density at radius 1 is 1.10 bits per heavy atom. The average molecular weight is 433 g/mol. The lowest BCUT2D eigenvalue weighted by Crippen LogP contribution is -2.28. The molecule has 0 aliphatic carbocycles. The van der Waals surface area contributed by atoms with E-state index in [1.807, 2.05) is 0 Å². The predicted octanol–water partition coefficient (Wildman–Crippen LogP) is 2.53. The third kappa shape index (κ3) is 4.77. The number of benzene rings is 2. The SMILES string of the molecule is C[C@H](N=C1NS(=O)(=O)c2ccccc21)C(=O)Nc1ccc(SC(=O)N(C)C)cc1. The van der Waals surface area contributed by atoms with Gasteiger partial charge in [0.25, 0.3) is 15.3 Å². The van der Waals surface area contributed by atoms with E-state index in [2.05, 4.69) is 15.0 Å². The van der Waals surface area contributed by atoms with Crippen molar-refractivity contribution in [2.45, 2.75) is 22.8 Å². The van der Waals surface area contributed by atoms with Crippen LogP contribution in [0.2, 0.25) is 0 Å². The van der Waals surface area contributed by atoms with Crippen molar-refractivity contribution in [3.8, 4) is 0 Å². The minimum Gasteiger partial charge on any atom is -0.339 e. The highest BCUT2D eigenvalue weighted by atomic mass is 32.2. The van der Waals surface area contributed by atoms with E-state index in [9.17, 15) is 18.0 Å². The second-order valence-electron chi connectivity index (χ2n) is 6.53. The maximum atomic E-state index is 12.5. The topological polar surface area (TPSA) is 108 Å². The second kappa shape index (κ2) is 8.26. The number of hydrogen-bond donors (Lipinski definition) is 2. The molecule has 3 rings (SSSR count). The van der Waals surface area contributed by atoms with Crippen LogP contribution in [-0.2, 0) is 14.8 Å². The molecule has 1 heterocycles. The molecule has 10 heteroatoms. The number of anilines is 1. The van der Waals surface area contributed by atoms with Crippen LogP contribution in [0.4, 0.5) is 10.5 Å². The van der Waals surface area contributed by atoms with Gasteiger partial charge < -0.3 is 10.2 Å². The molecule has 8 nitrogen and oxygen atoms in total. The van der Waals surface area contributed by atoms with E-state index in [1.165, 1.54) is 11.0 Å². The first kappa shape index (κ1) is 20.9. The monoisotopic (exact) mass is 432 g/mol. The Bertz CT molecular complexity index is 1080. The van der Waals surface area contributed by atoms with Crippen molar-refractivity contribution in [1.29, 1.82) is 0 Å². The highest BCUT2D eigenvalue weighted by Crippen LogP contribution is 2.24. The molecule has 1 aliphatic rings. The molecule has 1 atom stereocenters. The minimum absolute atomic E-state index is 0.0921. The number of thioether (sulfide) groups is 1. The van der Waals surface area contributed by atoms with Crippen LogP contribution in [-0.4, -0.2) is 50.4 Å². The lowest BCUT2D eigenvalue weighted by atomic mass is 10.2. The number of fused-ring (bicyclic) bond motifs is 1. The molecule has 0 fully saturated rings. The van der Waals surface area contributed by atoms with Crippen LogP contribution >= 0.6 is 11.8 Å². The number of carbonyl (C=O) groups excluding carboxylic acids is 2. The summed E-state index contributed by atoms with van der Waals surface area (Å²) >= 11 is 1.09. The number of rotatable bonds is 4. The Labute approximate surface area is 173 Å². The Morgan fingerprint density at radius 2 is 1.76 bits per heavy atom. The van der Waals surface area contributed by atoms with E-state index in [4.69, 9.17) is 0 Å². The maximum absolute atomic E-state index is 12.5. The van der Waals surface area contributed by atoms with Crippen LogP contribution in [0.3, 0.4) is 0 Å². The lowest BCUT2D eigenvalue weighted by molar-refractivity contribution is -0.117. The predicted molar refractivity (Wildman–Crippen MR) is 113 cm³/mol. The molecule has 2 aromatic carbocycles. The summed E-state index contributed by atoms with van der Waals surface area (Å²) in [5.41, 5.74) is 0.996. The van der Waals surface area contributed by atoms with Gasteiger partial charge in [-0.1, -0.05) is 12.1 Å². The van der Waals surface area contributed by atoms with Crippen LogP contribution in [0.5, 0.6) is 0 Å². The molecule has 152 valence electrons. The smallest absolute Gasteiger partial charge is 0.285 e. The lowest BCUT2D eigenvalue weighted by Gasteiger charge is -2.11. The number of aliphatic imine (C=N–C) groups is 1. The van der Waals surface area contributed by atoms with Crippen molar-refractivity contribution in [3.63, 3.8) is 0 Å². The zero-order valence-electron chi connectivity index (χ0n) is 16.0. The summed E-state index contributed by atoms with van der Waals surface area (Å²) in [4.78, 5) is 30.8. The van der Waals surface area contributed by atoms with E-state index in [0.717, 1.165) is 16.7 Å². The average Bonchev–Trinajstić information content (AvgIpc) is 2.93. The van der Waals surface area contributed by atoms with Crippen molar-refractivity contribution in [3.05, 3.63) is 54.1 Å². The fourth-order valence-electron chi connectivity index (χ4n) is 2.53. The van der Waals surface area contributed by atoms with Crippen LogP contribution in [0.1, 0.15) is 12.5 Å². The summed E-state index contributed by atoms with van der Waals surface area (Å²) in [6.45, 7) is 1.58. The number of nitrogens with one attached hydrogen (secondary N) is 2. The standard InChI is InChI=1S/C19H20N4O4S2/c1-12(20-17-15-6-4-5-7-16(15)29(26,27)22-17)18(24)21-13-8-10-14(11-9-13)28-19(25)23(2)3/h4-12H,1-3H3,(H,20,22)(H,21,24)/t12-/m0/s1. The summed E-state index contributed by atoms with van der Waals surface area (Å²) in [6, 6.07) is 12.5. The van der Waals surface area contributed by atoms with Crippen LogP contribution in [0, 0.1) is 0 Å². The van der Waals surface area contributed by atoms with Gasteiger partial charge in [0.2, 0.25) is 5.91 Å². The largest absolute Gasteiger partial charge is 0.339 e. The van der Waals surface area contributed by atoms with Crippen LogP contribution in [0.15, 0.2) is 63.3 Å². The molecule has 29 heavy (non-hydrogen) atoms. The summed E-state index contributed by atoms with van der Waals surface area (Å²) in [6.07, 6.45) is 0. The molecule has 0 bridgehead atoms. The molecule has 0 saturated heterocycles. The number of carbonyl (C=O) groups is 2. The Kier molecular flexibility index (Phi) is 5.94. The zero-order valence-corrected chi connectivity index (χ0v) is 17.7. The van der Waals surface area contributed by atoms with Crippen molar-refractivity contribution < 1.29 is 18.0 Å². The fourth-order valence-corrected chi connectivity index (χ4v) is 4.42. The van der Waals surface area contributed by atoms with Gasteiger partial charge in [-0.05, 0) is 55.1 Å². The van der Waals surface area contributed by atoms with Gasteiger partial charge in [-0.25, -0.2) is 8.42 Å². The molecular weight excluding hydrogens is 412 g/mol. The number of amides is 2. The van der Waals surface area contributed by atoms with Gasteiger partial charge >= 0.3 is 0 Å². The van der Waals surface area contributed by atoms with E-state index in [1.54, 1.807) is 63.5 Å². The zero-order chi connectivity index (χ0) is 21.2.